The van der Waals surface area contributed by atoms with Gasteiger partial charge < -0.3 is 20.1 Å². The highest BCUT2D eigenvalue weighted by atomic mass is 19.3. The molecule has 2 aromatic heterocycles. The maximum Gasteiger partial charge on any atom is 0.357 e. The highest BCUT2D eigenvalue weighted by Gasteiger charge is 2.24. The Kier molecular flexibility index (Phi) is 8.18. The maximum absolute atomic E-state index is 14.4. The van der Waals surface area contributed by atoms with E-state index in [4.69, 9.17) is 4.74 Å². The molecule has 186 valence electrons. The highest BCUT2D eigenvalue weighted by Crippen LogP contribution is 2.31. The molecule has 0 spiro atoms. The number of morpholine rings is 1. The molecule has 0 aliphatic carbocycles. The third-order valence-electron chi connectivity index (χ3n) is 4.97. The number of alkyl halides is 2. The predicted molar refractivity (Wildman–Crippen MR) is 124 cm³/mol. The monoisotopic (exact) mass is 490 g/mol. The van der Waals surface area contributed by atoms with Crippen LogP contribution in [-0.2, 0) is 10.7 Å². The van der Waals surface area contributed by atoms with Crippen LogP contribution in [0.25, 0.3) is 11.1 Å². The molecule has 1 aromatic carbocycles. The second-order valence-electron chi connectivity index (χ2n) is 7.35. The van der Waals surface area contributed by atoms with Gasteiger partial charge in [0, 0.05) is 31.1 Å². The Labute approximate surface area is 200 Å². The molecule has 12 heteroatoms. The van der Waals surface area contributed by atoms with E-state index < -0.39 is 17.7 Å². The first-order valence-corrected chi connectivity index (χ1v) is 10.9. The summed E-state index contributed by atoms with van der Waals surface area (Å²) in [7, 11) is 0. The van der Waals surface area contributed by atoms with E-state index in [-0.39, 0.29) is 28.5 Å². The van der Waals surface area contributed by atoms with Gasteiger partial charge in [-0.3, -0.25) is 0 Å². The lowest BCUT2D eigenvalue weighted by molar-refractivity contribution is 0.0175. The predicted octanol–water partition coefficient (Wildman–Crippen LogP) is 4.49. The van der Waals surface area contributed by atoms with Crippen LogP contribution in [0, 0.1) is 5.82 Å². The number of hydrogen-bond acceptors (Lipinski definition) is 8. The number of carboxylic acids is 1. The van der Waals surface area contributed by atoms with E-state index >= 15 is 0 Å². The number of aromatic nitrogens is 4. The molecule has 1 fully saturated rings. The second-order valence-corrected chi connectivity index (χ2v) is 7.35. The van der Waals surface area contributed by atoms with Crippen LogP contribution < -0.4 is 10.2 Å². The van der Waals surface area contributed by atoms with Crippen LogP contribution in [0.15, 0.2) is 36.5 Å². The topological polar surface area (TPSA) is 113 Å². The van der Waals surface area contributed by atoms with Gasteiger partial charge in [0.1, 0.15) is 0 Å². The molecule has 1 aliphatic heterocycles. The molecule has 2 N–H and O–H groups in total. The molecule has 0 unspecified atom stereocenters. The first-order valence-electron chi connectivity index (χ1n) is 10.9. The lowest BCUT2D eigenvalue weighted by Gasteiger charge is -2.26. The summed E-state index contributed by atoms with van der Waals surface area (Å²) in [6.07, 6.45) is 1.02. The lowest BCUT2D eigenvalue weighted by Crippen LogP contribution is -2.37. The summed E-state index contributed by atoms with van der Waals surface area (Å²) in [6.45, 7) is 6.86. The summed E-state index contributed by atoms with van der Waals surface area (Å²) in [5.74, 6) is -4.99. The van der Waals surface area contributed by atoms with Crippen molar-refractivity contribution in [2.45, 2.75) is 26.7 Å². The molecule has 9 nitrogen and oxygen atoms in total. The minimum Gasteiger partial charge on any atom is -0.476 e. The summed E-state index contributed by atoms with van der Waals surface area (Å²) >= 11 is 0. The van der Waals surface area contributed by atoms with Crippen LogP contribution in [-0.4, -0.2) is 57.5 Å². The molecule has 0 atom stereocenters. The highest BCUT2D eigenvalue weighted by molar-refractivity contribution is 5.94. The Morgan fingerprint density at radius 1 is 1.14 bits per heavy atom. The number of hydrogen-bond donors (Lipinski definition) is 2. The molecule has 0 radical (unpaired) electrons. The van der Waals surface area contributed by atoms with Crippen molar-refractivity contribution in [3.05, 3.63) is 53.6 Å². The third kappa shape index (κ3) is 6.21. The van der Waals surface area contributed by atoms with Crippen LogP contribution in [0.4, 0.5) is 30.8 Å². The van der Waals surface area contributed by atoms with Crippen molar-refractivity contribution >= 4 is 23.6 Å². The van der Waals surface area contributed by atoms with E-state index in [1.165, 1.54) is 30.3 Å². The van der Waals surface area contributed by atoms with Crippen molar-refractivity contribution in [3.8, 4) is 11.1 Å². The molecular weight excluding hydrogens is 465 g/mol. The molecule has 4 rings (SSSR count). The van der Waals surface area contributed by atoms with Crippen molar-refractivity contribution in [1.82, 2.24) is 20.2 Å². The van der Waals surface area contributed by atoms with Crippen LogP contribution in [0.3, 0.4) is 0 Å². The van der Waals surface area contributed by atoms with E-state index in [0.717, 1.165) is 13.1 Å². The van der Waals surface area contributed by atoms with Gasteiger partial charge >= 0.3 is 5.97 Å². The Morgan fingerprint density at radius 3 is 2.40 bits per heavy atom. The van der Waals surface area contributed by atoms with Crippen LogP contribution in [0.1, 0.15) is 36.8 Å². The Morgan fingerprint density at radius 2 is 1.80 bits per heavy atom. The Bertz CT molecular complexity index is 1170. The number of benzene rings is 1. The van der Waals surface area contributed by atoms with Gasteiger partial charge in [-0.25, -0.2) is 22.9 Å². The van der Waals surface area contributed by atoms with E-state index in [2.05, 4.69) is 25.5 Å². The number of halogens is 3. The van der Waals surface area contributed by atoms with Gasteiger partial charge in [-0.2, -0.15) is 4.98 Å². The minimum absolute atomic E-state index is 0.0189. The van der Waals surface area contributed by atoms with Crippen molar-refractivity contribution in [2.75, 3.05) is 36.5 Å². The molecule has 0 saturated carbocycles. The van der Waals surface area contributed by atoms with E-state index in [1.807, 2.05) is 18.7 Å². The van der Waals surface area contributed by atoms with Crippen LogP contribution in [0.5, 0.6) is 0 Å². The average molecular weight is 490 g/mol. The van der Waals surface area contributed by atoms with Crippen LogP contribution in [0.2, 0.25) is 0 Å². The number of anilines is 3. The zero-order valence-corrected chi connectivity index (χ0v) is 19.4. The summed E-state index contributed by atoms with van der Waals surface area (Å²) in [5, 5.41) is 19.7. The minimum atomic E-state index is -3.04. The lowest BCUT2D eigenvalue weighted by atomic mass is 10.0. The first kappa shape index (κ1) is 25.8. The molecule has 3 aromatic rings. The molecule has 0 bridgehead atoms. The fraction of sp³-hybridized carbons (Fsp3) is 0.348. The SMILES string of the molecule is CC.CC(F)(F)c1ccc(-c2cc(Nc3nc(N4CCOCC4)ncc3F)nnc2C(=O)O)cc1. The van der Waals surface area contributed by atoms with Gasteiger partial charge in [0.25, 0.3) is 5.92 Å². The zero-order valence-electron chi connectivity index (χ0n) is 19.4. The van der Waals surface area contributed by atoms with E-state index in [0.29, 0.717) is 37.8 Å². The number of ether oxygens (including phenoxy) is 1. The van der Waals surface area contributed by atoms with Gasteiger partial charge in [-0.1, -0.05) is 38.1 Å². The first-order chi connectivity index (χ1) is 16.7. The summed E-state index contributed by atoms with van der Waals surface area (Å²) in [5.41, 5.74) is -0.153. The zero-order chi connectivity index (χ0) is 25.6. The average Bonchev–Trinajstić information content (AvgIpc) is 2.86. The Balaban J connectivity index is 0.00000167. The number of carboxylic acid groups (broad SMARTS) is 1. The van der Waals surface area contributed by atoms with Gasteiger partial charge in [-0.05, 0) is 11.6 Å². The molecule has 0 amide bonds. The van der Waals surface area contributed by atoms with Gasteiger partial charge in [0.15, 0.2) is 23.1 Å². The van der Waals surface area contributed by atoms with Crippen molar-refractivity contribution in [3.63, 3.8) is 0 Å². The summed E-state index contributed by atoms with van der Waals surface area (Å²) < 4.78 is 46.7. The fourth-order valence-corrected chi connectivity index (χ4v) is 3.26. The Hall–Kier alpha value is -3.80. The van der Waals surface area contributed by atoms with Crippen molar-refractivity contribution in [1.29, 1.82) is 0 Å². The quantitative estimate of drug-likeness (QED) is 0.516. The van der Waals surface area contributed by atoms with Crippen LogP contribution >= 0.6 is 0 Å². The van der Waals surface area contributed by atoms with E-state index in [1.54, 1.807) is 0 Å². The van der Waals surface area contributed by atoms with Gasteiger partial charge in [-0.15, -0.1) is 10.2 Å². The van der Waals surface area contributed by atoms with Crippen molar-refractivity contribution in [2.24, 2.45) is 0 Å². The summed E-state index contributed by atoms with van der Waals surface area (Å²) in [6, 6.07) is 6.47. The number of carbonyl (C=O) groups is 1. The maximum atomic E-state index is 14.4. The second kappa shape index (κ2) is 11.1. The number of rotatable bonds is 6. The number of nitrogens with one attached hydrogen (secondary N) is 1. The summed E-state index contributed by atoms with van der Waals surface area (Å²) in [4.78, 5) is 21.7. The number of aromatic carboxylic acids is 1. The molecule has 3 heterocycles. The van der Waals surface area contributed by atoms with Gasteiger partial charge in [0.2, 0.25) is 5.95 Å². The normalized spacial score (nSPS) is 13.6. The molecule has 1 aliphatic rings. The van der Waals surface area contributed by atoms with Crippen molar-refractivity contribution < 1.29 is 27.8 Å². The molecular formula is C23H25F3N6O3. The largest absolute Gasteiger partial charge is 0.476 e. The van der Waals surface area contributed by atoms with Gasteiger partial charge in [0.05, 0.1) is 19.4 Å². The smallest absolute Gasteiger partial charge is 0.357 e. The van der Waals surface area contributed by atoms with E-state index in [9.17, 15) is 23.1 Å². The third-order valence-corrected chi connectivity index (χ3v) is 4.97. The standard InChI is InChI=1S/C21H19F3N6O3.C2H6/c1-21(23,24)13-4-2-12(3-5-13)14-10-16(28-29-17(14)19(31)32)26-18-15(22)11-25-20(27-18)30-6-8-33-9-7-30;1-2/h2-5,10-11H,6-9H2,1H3,(H,31,32)(H,25,26,27,28);1-2H3. The molecule has 1 saturated heterocycles. The molecule has 35 heavy (non-hydrogen) atoms. The fourth-order valence-electron chi connectivity index (χ4n) is 3.26. The number of nitrogens with zero attached hydrogens (tertiary/aromatic N) is 5.